The van der Waals surface area contributed by atoms with E-state index in [2.05, 4.69) is 16.0 Å². The third-order valence-electron chi connectivity index (χ3n) is 4.42. The molecule has 4 atom stereocenters. The molecule has 0 aliphatic heterocycles. The summed E-state index contributed by atoms with van der Waals surface area (Å²) in [6, 6.07) is -4.74. The summed E-state index contributed by atoms with van der Waals surface area (Å²) in [5.74, 6) is -4.55. The van der Waals surface area contributed by atoms with E-state index >= 15 is 0 Å². The summed E-state index contributed by atoms with van der Waals surface area (Å²) in [6.07, 6.45) is -0.103. The number of rotatable bonds is 14. The summed E-state index contributed by atoms with van der Waals surface area (Å²) in [5.41, 5.74) is 10.8. The van der Waals surface area contributed by atoms with E-state index in [9.17, 15) is 29.1 Å². The van der Waals surface area contributed by atoms with E-state index in [1.807, 2.05) is 13.8 Å². The number of aliphatic hydroxyl groups excluding tert-OH is 1. The van der Waals surface area contributed by atoms with Gasteiger partial charge in [0, 0.05) is 6.42 Å². The molecule has 0 bridgehead atoms. The van der Waals surface area contributed by atoms with Crippen LogP contribution in [0.5, 0.6) is 0 Å². The molecule has 0 aliphatic rings. The molecule has 31 heavy (non-hydrogen) atoms. The van der Waals surface area contributed by atoms with Crippen LogP contribution >= 0.6 is 0 Å². The van der Waals surface area contributed by atoms with Crippen molar-refractivity contribution in [3.63, 3.8) is 0 Å². The average molecular weight is 446 g/mol. The molecule has 0 aromatic rings. The Labute approximate surface area is 181 Å². The molecule has 4 unspecified atom stereocenters. The minimum atomic E-state index is -1.47. The highest BCUT2D eigenvalue weighted by atomic mass is 16.4. The van der Waals surface area contributed by atoms with Crippen molar-refractivity contribution < 1.29 is 34.2 Å². The van der Waals surface area contributed by atoms with Crippen LogP contribution in [0.1, 0.15) is 47.0 Å². The molecule has 0 rings (SSSR count). The van der Waals surface area contributed by atoms with Crippen molar-refractivity contribution in [2.45, 2.75) is 71.1 Å². The van der Waals surface area contributed by atoms with Crippen LogP contribution in [0.25, 0.3) is 0 Å². The first kappa shape index (κ1) is 28.3. The predicted octanol–water partition coefficient (Wildman–Crippen LogP) is -2.19. The Morgan fingerprint density at radius 2 is 1.42 bits per heavy atom. The fraction of sp³-hybridized carbons (Fsp3) is 0.737. The molecule has 9 N–H and O–H groups in total. The molecule has 0 heterocycles. The number of hydrogen-bond acceptors (Lipinski definition) is 7. The highest BCUT2D eigenvalue weighted by Gasteiger charge is 2.31. The first-order chi connectivity index (χ1) is 14.3. The van der Waals surface area contributed by atoms with Gasteiger partial charge in [0.15, 0.2) is 0 Å². The summed E-state index contributed by atoms with van der Waals surface area (Å²) in [6.45, 7) is 6.34. The van der Waals surface area contributed by atoms with Crippen LogP contribution in [0.2, 0.25) is 0 Å². The van der Waals surface area contributed by atoms with Gasteiger partial charge < -0.3 is 37.6 Å². The number of nitrogens with one attached hydrogen (secondary N) is 3. The van der Waals surface area contributed by atoms with Gasteiger partial charge in [-0.15, -0.1) is 0 Å². The second-order valence-electron chi connectivity index (χ2n) is 8.11. The van der Waals surface area contributed by atoms with Crippen molar-refractivity contribution in [2.24, 2.45) is 23.3 Å². The van der Waals surface area contributed by atoms with Crippen molar-refractivity contribution >= 4 is 29.6 Å². The van der Waals surface area contributed by atoms with Crippen LogP contribution in [0.3, 0.4) is 0 Å². The Kier molecular flexibility index (Phi) is 12.4. The lowest BCUT2D eigenvalue weighted by molar-refractivity contribution is -0.143. The molecule has 0 aromatic heterocycles. The van der Waals surface area contributed by atoms with Crippen LogP contribution in [0, 0.1) is 11.8 Å². The Hall–Kier alpha value is -2.73. The largest absolute Gasteiger partial charge is 0.480 e. The van der Waals surface area contributed by atoms with E-state index in [0.717, 1.165) is 0 Å². The lowest BCUT2D eigenvalue weighted by Crippen LogP contribution is -2.59. The number of carboxylic acid groups (broad SMARTS) is 1. The maximum atomic E-state index is 12.6. The van der Waals surface area contributed by atoms with Crippen LogP contribution in [-0.2, 0) is 24.0 Å². The number of carboxylic acids is 1. The zero-order chi connectivity index (χ0) is 24.3. The number of aliphatic hydroxyl groups is 1. The zero-order valence-corrected chi connectivity index (χ0v) is 18.4. The molecular weight excluding hydrogens is 410 g/mol. The van der Waals surface area contributed by atoms with Gasteiger partial charge in [0.05, 0.1) is 12.6 Å². The number of carbonyl (C=O) groups is 5. The number of aliphatic carboxylic acids is 1. The van der Waals surface area contributed by atoms with Crippen LogP contribution < -0.4 is 27.4 Å². The molecule has 0 saturated heterocycles. The summed E-state index contributed by atoms with van der Waals surface area (Å²) in [4.78, 5) is 59.4. The molecule has 0 saturated carbocycles. The number of amides is 4. The molecule has 12 heteroatoms. The quantitative estimate of drug-likeness (QED) is 0.155. The topological polar surface area (TPSA) is 214 Å². The highest BCUT2D eigenvalue weighted by molar-refractivity contribution is 5.94. The van der Waals surface area contributed by atoms with Crippen LogP contribution in [0.4, 0.5) is 0 Å². The fourth-order valence-corrected chi connectivity index (χ4v) is 2.68. The molecule has 0 fully saturated rings. The molecule has 0 aliphatic carbocycles. The van der Waals surface area contributed by atoms with Gasteiger partial charge in [-0.2, -0.15) is 0 Å². The van der Waals surface area contributed by atoms with Crippen molar-refractivity contribution in [1.82, 2.24) is 16.0 Å². The second kappa shape index (κ2) is 13.5. The highest BCUT2D eigenvalue weighted by Crippen LogP contribution is 2.07. The van der Waals surface area contributed by atoms with Gasteiger partial charge in [-0.1, -0.05) is 27.7 Å². The van der Waals surface area contributed by atoms with E-state index in [1.165, 1.54) is 0 Å². The lowest BCUT2D eigenvalue weighted by Gasteiger charge is -2.26. The van der Waals surface area contributed by atoms with E-state index < -0.39 is 60.4 Å². The Balaban J connectivity index is 5.15. The number of primary amides is 1. The van der Waals surface area contributed by atoms with Gasteiger partial charge in [-0.3, -0.25) is 19.2 Å². The Bertz CT molecular complexity index is 654. The fourth-order valence-electron chi connectivity index (χ4n) is 2.68. The molecule has 0 radical (unpaired) electrons. The number of hydrogen-bond donors (Lipinski definition) is 7. The molecular formula is C19H35N5O7. The second-order valence-corrected chi connectivity index (χ2v) is 8.11. The van der Waals surface area contributed by atoms with Crippen molar-refractivity contribution in [3.8, 4) is 0 Å². The van der Waals surface area contributed by atoms with Gasteiger partial charge in [0.1, 0.15) is 18.1 Å². The minimum Gasteiger partial charge on any atom is -0.480 e. The number of carbonyl (C=O) groups excluding carboxylic acids is 4. The molecule has 0 spiro atoms. The minimum absolute atomic E-state index is 0.172. The number of nitrogens with two attached hydrogens (primary N) is 2. The molecule has 0 aromatic carbocycles. The summed E-state index contributed by atoms with van der Waals surface area (Å²) in [5, 5.41) is 25.7. The first-order valence-electron chi connectivity index (χ1n) is 10.1. The SMILES string of the molecule is CC(C)CC(N)C(=O)NC(C(=O)NC(CO)C(=O)NC(CCC(N)=O)C(=O)O)C(C)C. The third kappa shape index (κ3) is 10.7. The molecule has 4 amide bonds. The van der Waals surface area contributed by atoms with Crippen LogP contribution in [-0.4, -0.2) is 70.6 Å². The predicted molar refractivity (Wildman–Crippen MR) is 111 cm³/mol. The third-order valence-corrected chi connectivity index (χ3v) is 4.42. The summed E-state index contributed by atoms with van der Waals surface area (Å²) >= 11 is 0. The van der Waals surface area contributed by atoms with Gasteiger partial charge in [-0.25, -0.2) is 4.79 Å². The van der Waals surface area contributed by atoms with E-state index in [1.54, 1.807) is 13.8 Å². The Morgan fingerprint density at radius 1 is 0.871 bits per heavy atom. The van der Waals surface area contributed by atoms with Gasteiger partial charge in [0.25, 0.3) is 0 Å². The van der Waals surface area contributed by atoms with Gasteiger partial charge in [0.2, 0.25) is 23.6 Å². The molecule has 178 valence electrons. The van der Waals surface area contributed by atoms with Gasteiger partial charge in [-0.05, 0) is 24.7 Å². The van der Waals surface area contributed by atoms with E-state index in [0.29, 0.717) is 6.42 Å². The maximum Gasteiger partial charge on any atom is 0.326 e. The lowest BCUT2D eigenvalue weighted by atomic mass is 10.00. The van der Waals surface area contributed by atoms with Crippen molar-refractivity contribution in [3.05, 3.63) is 0 Å². The summed E-state index contributed by atoms with van der Waals surface area (Å²) in [7, 11) is 0. The average Bonchev–Trinajstić information content (AvgIpc) is 2.65. The normalized spacial score (nSPS) is 15.0. The smallest absolute Gasteiger partial charge is 0.326 e. The molecule has 12 nitrogen and oxygen atoms in total. The summed E-state index contributed by atoms with van der Waals surface area (Å²) < 4.78 is 0. The standard InChI is InChI=1S/C19H35N5O7/c1-9(2)7-11(20)16(27)24-15(10(3)4)18(29)23-13(8-25)17(28)22-12(19(30)31)5-6-14(21)26/h9-13,15,25H,5-8,20H2,1-4H3,(H2,21,26)(H,22,28)(H,23,29)(H,24,27)(H,30,31). The van der Waals surface area contributed by atoms with Crippen molar-refractivity contribution in [1.29, 1.82) is 0 Å². The van der Waals surface area contributed by atoms with Crippen molar-refractivity contribution in [2.75, 3.05) is 6.61 Å². The maximum absolute atomic E-state index is 12.6. The monoisotopic (exact) mass is 445 g/mol. The zero-order valence-electron chi connectivity index (χ0n) is 18.4. The van der Waals surface area contributed by atoms with Gasteiger partial charge >= 0.3 is 5.97 Å². The van der Waals surface area contributed by atoms with E-state index in [4.69, 9.17) is 16.6 Å². The first-order valence-corrected chi connectivity index (χ1v) is 10.1. The Morgan fingerprint density at radius 3 is 1.84 bits per heavy atom. The van der Waals surface area contributed by atoms with Crippen LogP contribution in [0.15, 0.2) is 0 Å². The van der Waals surface area contributed by atoms with E-state index in [-0.39, 0.29) is 24.7 Å².